The zero-order valence-corrected chi connectivity index (χ0v) is 17.9. The van der Waals surface area contributed by atoms with E-state index in [9.17, 15) is 9.18 Å². The van der Waals surface area contributed by atoms with Crippen molar-refractivity contribution in [1.82, 2.24) is 15.1 Å². The van der Waals surface area contributed by atoms with Crippen LogP contribution in [0.2, 0.25) is 0 Å². The standard InChI is InChI=1S/C24H28FN3O3/c1-3-30-15-16-31-23-9-5-4-8-21(23)24(29)28(2)14-6-7-20-17-22(27-26-20)18-10-12-19(25)13-11-18/h4-5,8-13,17H,3,6-7,14-16H2,1-2H3,(H,26,27). The van der Waals surface area contributed by atoms with Gasteiger partial charge in [0.2, 0.25) is 0 Å². The molecule has 6 nitrogen and oxygen atoms in total. The minimum Gasteiger partial charge on any atom is -0.490 e. The molecular formula is C24H28FN3O3. The Balaban J connectivity index is 1.51. The van der Waals surface area contributed by atoms with Crippen LogP contribution in [0, 0.1) is 5.82 Å². The number of nitrogens with one attached hydrogen (secondary N) is 1. The van der Waals surface area contributed by atoms with Crippen LogP contribution in [-0.4, -0.2) is 54.4 Å². The summed E-state index contributed by atoms with van der Waals surface area (Å²) in [5.41, 5.74) is 3.15. The molecule has 0 radical (unpaired) electrons. The third-order valence-electron chi connectivity index (χ3n) is 4.86. The largest absolute Gasteiger partial charge is 0.490 e. The normalized spacial score (nSPS) is 10.8. The molecule has 0 aliphatic carbocycles. The number of benzene rings is 2. The van der Waals surface area contributed by atoms with Crippen molar-refractivity contribution in [3.05, 3.63) is 71.7 Å². The number of rotatable bonds is 11. The molecule has 0 unspecified atom stereocenters. The zero-order chi connectivity index (χ0) is 22.1. The van der Waals surface area contributed by atoms with Gasteiger partial charge in [0.05, 0.1) is 17.9 Å². The first-order chi connectivity index (χ1) is 15.1. The monoisotopic (exact) mass is 425 g/mol. The molecule has 0 atom stereocenters. The summed E-state index contributed by atoms with van der Waals surface area (Å²) in [6.45, 7) is 4.04. The zero-order valence-electron chi connectivity index (χ0n) is 17.9. The van der Waals surface area contributed by atoms with Crippen molar-refractivity contribution >= 4 is 5.91 Å². The topological polar surface area (TPSA) is 67.5 Å². The Morgan fingerprint density at radius 3 is 2.68 bits per heavy atom. The van der Waals surface area contributed by atoms with Crippen LogP contribution in [0.1, 0.15) is 29.4 Å². The van der Waals surface area contributed by atoms with Crippen LogP contribution in [-0.2, 0) is 11.2 Å². The van der Waals surface area contributed by atoms with Crippen molar-refractivity contribution in [3.63, 3.8) is 0 Å². The highest BCUT2D eigenvalue weighted by molar-refractivity contribution is 5.96. The maximum absolute atomic E-state index is 13.1. The molecule has 31 heavy (non-hydrogen) atoms. The van der Waals surface area contributed by atoms with Crippen molar-refractivity contribution in [2.45, 2.75) is 19.8 Å². The molecule has 1 N–H and O–H groups in total. The predicted octanol–water partition coefficient (Wildman–Crippen LogP) is 4.34. The molecule has 0 spiro atoms. The lowest BCUT2D eigenvalue weighted by atomic mass is 10.1. The second-order valence-corrected chi connectivity index (χ2v) is 7.16. The number of ether oxygens (including phenoxy) is 2. The first kappa shape index (κ1) is 22.5. The number of carbonyl (C=O) groups is 1. The molecule has 0 fully saturated rings. The van der Waals surface area contributed by atoms with Gasteiger partial charge in [-0.3, -0.25) is 9.89 Å². The van der Waals surface area contributed by atoms with Crippen LogP contribution in [0.3, 0.4) is 0 Å². The van der Waals surface area contributed by atoms with Gasteiger partial charge >= 0.3 is 0 Å². The Morgan fingerprint density at radius 1 is 1.13 bits per heavy atom. The van der Waals surface area contributed by atoms with Gasteiger partial charge in [-0.2, -0.15) is 5.10 Å². The van der Waals surface area contributed by atoms with Gasteiger partial charge in [-0.25, -0.2) is 4.39 Å². The van der Waals surface area contributed by atoms with Crippen molar-refractivity contribution < 1.29 is 18.7 Å². The summed E-state index contributed by atoms with van der Waals surface area (Å²) in [4.78, 5) is 14.6. The lowest BCUT2D eigenvalue weighted by molar-refractivity contribution is 0.0782. The Labute approximate surface area is 182 Å². The van der Waals surface area contributed by atoms with Crippen LogP contribution >= 0.6 is 0 Å². The van der Waals surface area contributed by atoms with Crippen LogP contribution in [0.15, 0.2) is 54.6 Å². The smallest absolute Gasteiger partial charge is 0.257 e. The predicted molar refractivity (Wildman–Crippen MR) is 118 cm³/mol. The fraction of sp³-hybridized carbons (Fsp3) is 0.333. The minimum atomic E-state index is -0.270. The van der Waals surface area contributed by atoms with Gasteiger partial charge in [-0.05, 0) is 62.2 Å². The van der Waals surface area contributed by atoms with Gasteiger partial charge in [0.15, 0.2) is 0 Å². The maximum Gasteiger partial charge on any atom is 0.257 e. The Hall–Kier alpha value is -3.19. The number of nitrogens with zero attached hydrogens (tertiary/aromatic N) is 2. The Morgan fingerprint density at radius 2 is 1.90 bits per heavy atom. The average Bonchev–Trinajstić information content (AvgIpc) is 3.26. The summed E-state index contributed by atoms with van der Waals surface area (Å²) in [5.74, 6) is 0.216. The van der Waals surface area contributed by atoms with Crippen LogP contribution in [0.4, 0.5) is 4.39 Å². The maximum atomic E-state index is 13.1. The third-order valence-corrected chi connectivity index (χ3v) is 4.86. The molecule has 0 bridgehead atoms. The SMILES string of the molecule is CCOCCOc1ccccc1C(=O)N(C)CCCc1cc(-c2ccc(F)cc2)n[nH]1. The third kappa shape index (κ3) is 6.39. The fourth-order valence-corrected chi connectivity index (χ4v) is 3.20. The van der Waals surface area contributed by atoms with E-state index < -0.39 is 0 Å². The Kier molecular flexibility index (Phi) is 8.18. The lowest BCUT2D eigenvalue weighted by Crippen LogP contribution is -2.28. The van der Waals surface area contributed by atoms with Crippen molar-refractivity contribution in [2.75, 3.05) is 33.4 Å². The van der Waals surface area contributed by atoms with E-state index in [0.717, 1.165) is 29.8 Å². The second kappa shape index (κ2) is 11.3. The molecule has 1 heterocycles. The molecule has 0 aliphatic heterocycles. The molecule has 2 aromatic carbocycles. The summed E-state index contributed by atoms with van der Waals surface area (Å²) in [6.07, 6.45) is 1.53. The number of para-hydroxylation sites is 1. The summed E-state index contributed by atoms with van der Waals surface area (Å²) in [5, 5.41) is 7.31. The highest BCUT2D eigenvalue weighted by Gasteiger charge is 2.16. The summed E-state index contributed by atoms with van der Waals surface area (Å²) >= 11 is 0. The number of H-pyrrole nitrogens is 1. The lowest BCUT2D eigenvalue weighted by Gasteiger charge is -2.19. The van der Waals surface area contributed by atoms with E-state index in [-0.39, 0.29) is 11.7 Å². The van der Waals surface area contributed by atoms with E-state index in [1.54, 1.807) is 36.2 Å². The van der Waals surface area contributed by atoms with Crippen molar-refractivity contribution in [3.8, 4) is 17.0 Å². The molecule has 0 aliphatic rings. The highest BCUT2D eigenvalue weighted by Crippen LogP contribution is 2.21. The molecule has 0 saturated carbocycles. The fourth-order valence-electron chi connectivity index (χ4n) is 3.20. The van der Waals surface area contributed by atoms with E-state index in [1.165, 1.54) is 12.1 Å². The van der Waals surface area contributed by atoms with Gasteiger partial charge in [-0.1, -0.05) is 12.1 Å². The number of aromatic amines is 1. The number of carbonyl (C=O) groups excluding carboxylic acids is 1. The van der Waals surface area contributed by atoms with E-state index in [1.807, 2.05) is 25.1 Å². The van der Waals surface area contributed by atoms with Gasteiger partial charge in [0, 0.05) is 31.5 Å². The minimum absolute atomic E-state index is 0.0800. The number of aromatic nitrogens is 2. The van der Waals surface area contributed by atoms with Crippen LogP contribution in [0.25, 0.3) is 11.3 Å². The molecule has 1 aromatic heterocycles. The van der Waals surface area contributed by atoms with Gasteiger partial charge in [-0.15, -0.1) is 0 Å². The average molecular weight is 426 g/mol. The van der Waals surface area contributed by atoms with Gasteiger partial charge in [0.25, 0.3) is 5.91 Å². The molecule has 3 rings (SSSR count). The molecule has 7 heteroatoms. The van der Waals surface area contributed by atoms with E-state index >= 15 is 0 Å². The van der Waals surface area contributed by atoms with Crippen LogP contribution in [0.5, 0.6) is 5.75 Å². The molecular weight excluding hydrogens is 397 g/mol. The summed E-state index contributed by atoms with van der Waals surface area (Å²) in [6, 6.07) is 15.5. The highest BCUT2D eigenvalue weighted by atomic mass is 19.1. The number of amides is 1. The molecule has 164 valence electrons. The molecule has 1 amide bonds. The van der Waals surface area contributed by atoms with E-state index in [4.69, 9.17) is 9.47 Å². The quantitative estimate of drug-likeness (QED) is 0.464. The van der Waals surface area contributed by atoms with Crippen molar-refractivity contribution in [1.29, 1.82) is 0 Å². The number of hydrogen-bond acceptors (Lipinski definition) is 4. The first-order valence-corrected chi connectivity index (χ1v) is 10.4. The molecule has 3 aromatic rings. The van der Waals surface area contributed by atoms with Crippen molar-refractivity contribution in [2.24, 2.45) is 0 Å². The number of hydrogen-bond donors (Lipinski definition) is 1. The summed E-state index contributed by atoms with van der Waals surface area (Å²) < 4.78 is 24.1. The molecule has 0 saturated heterocycles. The van der Waals surface area contributed by atoms with Gasteiger partial charge in [0.1, 0.15) is 18.2 Å². The first-order valence-electron chi connectivity index (χ1n) is 10.4. The Bertz CT molecular complexity index is 972. The number of halogens is 1. The van der Waals surface area contributed by atoms with E-state index in [2.05, 4.69) is 10.2 Å². The van der Waals surface area contributed by atoms with E-state index in [0.29, 0.717) is 37.7 Å². The van der Waals surface area contributed by atoms with Gasteiger partial charge < -0.3 is 14.4 Å². The van der Waals surface area contributed by atoms with Crippen LogP contribution < -0.4 is 4.74 Å². The number of aryl methyl sites for hydroxylation is 1. The summed E-state index contributed by atoms with van der Waals surface area (Å²) in [7, 11) is 1.79. The second-order valence-electron chi connectivity index (χ2n) is 7.16.